The Bertz CT molecular complexity index is 1490. The van der Waals surface area contributed by atoms with E-state index < -0.39 is 20.0 Å². The molecule has 0 aromatic rings. The highest BCUT2D eigenvalue weighted by atomic mass is 31.2. The average Bonchev–Trinajstić information content (AvgIpc) is 3.50. The number of hydrogen-bond donors (Lipinski definition) is 3. The Morgan fingerprint density at radius 2 is 0.699 bits per heavy atom. The number of hydrogen-bond acceptors (Lipinski definition) is 5. The van der Waals surface area contributed by atoms with Gasteiger partial charge >= 0.3 is 7.82 Å². The number of aliphatic hydroxyl groups excluding tert-OH is 1. The number of phosphoric acid groups is 1. The molecule has 0 aliphatic rings. The fraction of sp³-hybridized carbons (Fsp3) is 0.878. The molecule has 0 radical (unpaired) electrons. The summed E-state index contributed by atoms with van der Waals surface area (Å²) < 4.78 is 23.8. The van der Waals surface area contributed by atoms with Gasteiger partial charge in [-0.25, -0.2) is 4.57 Å². The number of carbonyl (C=O) groups is 1. The van der Waals surface area contributed by atoms with E-state index in [0.29, 0.717) is 17.4 Å². The van der Waals surface area contributed by atoms with Gasteiger partial charge in [0.2, 0.25) is 5.91 Å². The molecule has 0 aromatic heterocycles. The first-order chi connectivity index (χ1) is 40.5. The second kappa shape index (κ2) is 64.9. The van der Waals surface area contributed by atoms with E-state index in [1.165, 1.54) is 302 Å². The number of allylic oxidation sites excluding steroid dienone is 7. The fourth-order valence-corrected chi connectivity index (χ4v) is 11.8. The van der Waals surface area contributed by atoms with Gasteiger partial charge in [0.15, 0.2) is 0 Å². The van der Waals surface area contributed by atoms with Crippen LogP contribution in [0.3, 0.4) is 0 Å². The number of amides is 1. The highest BCUT2D eigenvalue weighted by Crippen LogP contribution is 2.43. The maximum atomic E-state index is 13.1. The molecule has 0 aromatic carbocycles. The SMILES string of the molecule is CCCCCCC/C=C\C/C=C\CCCCCCCCCCCCCCCCCCCCCCCCCCCC(=O)NC(COP(=O)(O)OCC[N+](C)(C)C)C(O)/C=C/CC/C=C/CCCCCCCCCCCCCCCCCCCC. The second-order valence-electron chi connectivity index (χ2n) is 26.3. The van der Waals surface area contributed by atoms with E-state index >= 15 is 0 Å². The summed E-state index contributed by atoms with van der Waals surface area (Å²) in [7, 11) is 1.57. The third kappa shape index (κ3) is 67.8. The van der Waals surface area contributed by atoms with Crippen LogP contribution >= 0.6 is 7.82 Å². The van der Waals surface area contributed by atoms with Crippen LogP contribution in [0.25, 0.3) is 0 Å². The molecule has 0 rings (SSSR count). The van der Waals surface area contributed by atoms with Crippen LogP contribution in [0.1, 0.15) is 367 Å². The lowest BCUT2D eigenvalue weighted by Crippen LogP contribution is -2.45. The lowest BCUT2D eigenvalue weighted by atomic mass is 10.0. The molecule has 0 heterocycles. The number of likely N-dealkylation sites (N-methyl/N-ethyl adjacent to an activating group) is 1. The topological polar surface area (TPSA) is 105 Å². The molecule has 3 N–H and O–H groups in total. The van der Waals surface area contributed by atoms with Crippen molar-refractivity contribution in [2.45, 2.75) is 379 Å². The molecular weight excluding hydrogens is 1040 g/mol. The van der Waals surface area contributed by atoms with Crippen molar-refractivity contribution in [3.8, 4) is 0 Å². The zero-order chi connectivity index (χ0) is 60.5. The molecule has 0 saturated heterocycles. The molecule has 0 aliphatic carbocycles. The lowest BCUT2D eigenvalue weighted by Gasteiger charge is -2.25. The van der Waals surface area contributed by atoms with E-state index in [2.05, 4.69) is 55.6 Å². The van der Waals surface area contributed by atoms with E-state index in [1.54, 1.807) is 6.08 Å². The third-order valence-corrected chi connectivity index (χ3v) is 17.8. The van der Waals surface area contributed by atoms with Crippen molar-refractivity contribution >= 4 is 13.7 Å². The van der Waals surface area contributed by atoms with Gasteiger partial charge in [-0.2, -0.15) is 0 Å². The molecule has 0 bridgehead atoms. The number of unbranched alkanes of at least 4 members (excludes halogenated alkanes) is 49. The Kier molecular flexibility index (Phi) is 63.7. The third-order valence-electron chi connectivity index (χ3n) is 16.8. The normalized spacial score (nSPS) is 13.9. The molecule has 1 amide bonds. The minimum Gasteiger partial charge on any atom is -0.387 e. The van der Waals surface area contributed by atoms with Gasteiger partial charge in [-0.3, -0.25) is 13.8 Å². The van der Waals surface area contributed by atoms with Crippen LogP contribution in [0.5, 0.6) is 0 Å². The van der Waals surface area contributed by atoms with Crippen molar-refractivity contribution in [2.75, 3.05) is 40.9 Å². The molecule has 3 unspecified atom stereocenters. The minimum absolute atomic E-state index is 0.0577. The maximum Gasteiger partial charge on any atom is 0.472 e. The maximum absolute atomic E-state index is 13.1. The van der Waals surface area contributed by atoms with Gasteiger partial charge in [0, 0.05) is 6.42 Å². The molecule has 9 heteroatoms. The Labute approximate surface area is 518 Å². The van der Waals surface area contributed by atoms with Gasteiger partial charge in [0.25, 0.3) is 0 Å². The summed E-state index contributed by atoms with van der Waals surface area (Å²) in [5.74, 6) is -0.179. The second-order valence-corrected chi connectivity index (χ2v) is 27.8. The van der Waals surface area contributed by atoms with Crippen molar-refractivity contribution in [3.05, 3.63) is 48.6 Å². The smallest absolute Gasteiger partial charge is 0.387 e. The summed E-state index contributed by atoms with van der Waals surface area (Å²) in [6.45, 7) is 4.84. The van der Waals surface area contributed by atoms with E-state index in [-0.39, 0.29) is 19.1 Å². The minimum atomic E-state index is -4.36. The summed E-state index contributed by atoms with van der Waals surface area (Å²) in [6, 6.07) is -0.864. The van der Waals surface area contributed by atoms with Gasteiger partial charge in [-0.1, -0.05) is 345 Å². The molecule has 0 saturated carbocycles. The molecular formula is C74H144N2O6P+. The van der Waals surface area contributed by atoms with Crippen molar-refractivity contribution < 1.29 is 32.9 Å². The standard InChI is InChI=1S/C74H143N2O6P/c1-6-8-10-12-14-16-18-20-22-24-26-28-30-32-33-34-35-36-37-38-39-40-41-42-43-44-46-48-50-52-54-56-58-60-62-64-66-68-74(78)75-72(71-82-83(79,80)81-70-69-76(3,4)5)73(77)67-65-63-61-59-57-55-53-51-49-47-45-31-29-27-25-23-21-19-17-15-13-11-9-7-2/h18,20,24,26,57,59,65,67,72-73,77H,6-17,19,21-23,25,27-56,58,60-64,66,68-71H2,1-5H3,(H-,75,78,79,80)/p+1/b20-18-,26-24-,59-57+,67-65+. The first kappa shape index (κ1) is 81.5. The average molecular weight is 1190 g/mol. The Morgan fingerprint density at radius 3 is 1.04 bits per heavy atom. The molecule has 83 heavy (non-hydrogen) atoms. The number of rotatable bonds is 68. The number of aliphatic hydroxyl groups is 1. The molecule has 8 nitrogen and oxygen atoms in total. The molecule has 0 fully saturated rings. The highest BCUT2D eigenvalue weighted by Gasteiger charge is 2.28. The van der Waals surface area contributed by atoms with E-state index in [4.69, 9.17) is 9.05 Å². The van der Waals surface area contributed by atoms with Gasteiger partial charge < -0.3 is 19.8 Å². The van der Waals surface area contributed by atoms with Gasteiger partial charge in [-0.05, 0) is 64.2 Å². The predicted molar refractivity (Wildman–Crippen MR) is 364 cm³/mol. The van der Waals surface area contributed by atoms with Crippen LogP contribution in [0.2, 0.25) is 0 Å². The van der Waals surface area contributed by atoms with E-state index in [1.807, 2.05) is 27.2 Å². The number of carbonyl (C=O) groups excluding carboxylic acids is 1. The van der Waals surface area contributed by atoms with Crippen LogP contribution in [0.15, 0.2) is 48.6 Å². The molecule has 0 aliphatic heterocycles. The number of phosphoric ester groups is 1. The molecule has 3 atom stereocenters. The van der Waals surface area contributed by atoms with Gasteiger partial charge in [-0.15, -0.1) is 0 Å². The summed E-state index contributed by atoms with van der Waals surface area (Å²) in [6.07, 6.45) is 88.5. The van der Waals surface area contributed by atoms with Crippen LogP contribution in [-0.2, 0) is 18.4 Å². The van der Waals surface area contributed by atoms with Crippen molar-refractivity contribution in [2.24, 2.45) is 0 Å². The Morgan fingerprint density at radius 1 is 0.410 bits per heavy atom. The van der Waals surface area contributed by atoms with Crippen molar-refractivity contribution in [1.82, 2.24) is 5.32 Å². The number of nitrogens with one attached hydrogen (secondary N) is 1. The quantitative estimate of drug-likeness (QED) is 0.0243. The number of nitrogens with zero attached hydrogens (tertiary/aromatic N) is 1. The first-order valence-corrected chi connectivity index (χ1v) is 38.0. The summed E-state index contributed by atoms with van der Waals surface area (Å²) in [5.41, 5.74) is 0. The summed E-state index contributed by atoms with van der Waals surface area (Å²) in [4.78, 5) is 23.4. The van der Waals surface area contributed by atoms with Crippen LogP contribution in [0, 0.1) is 0 Å². The molecule has 0 spiro atoms. The fourth-order valence-electron chi connectivity index (χ4n) is 11.1. The largest absolute Gasteiger partial charge is 0.472 e. The summed E-state index contributed by atoms with van der Waals surface area (Å²) >= 11 is 0. The van der Waals surface area contributed by atoms with Crippen LogP contribution < -0.4 is 5.32 Å². The molecule has 490 valence electrons. The number of quaternary nitrogens is 1. The van der Waals surface area contributed by atoms with Crippen molar-refractivity contribution in [1.29, 1.82) is 0 Å². The van der Waals surface area contributed by atoms with Crippen molar-refractivity contribution in [3.63, 3.8) is 0 Å². The van der Waals surface area contributed by atoms with Crippen LogP contribution in [0.4, 0.5) is 0 Å². The van der Waals surface area contributed by atoms with Crippen LogP contribution in [-0.4, -0.2) is 73.4 Å². The van der Waals surface area contributed by atoms with Gasteiger partial charge in [0.1, 0.15) is 13.2 Å². The highest BCUT2D eigenvalue weighted by molar-refractivity contribution is 7.47. The zero-order valence-electron chi connectivity index (χ0n) is 56.2. The van der Waals surface area contributed by atoms with E-state index in [0.717, 1.165) is 44.9 Å². The Balaban J connectivity index is 3.99. The zero-order valence-corrected chi connectivity index (χ0v) is 57.1. The monoisotopic (exact) mass is 1190 g/mol. The van der Waals surface area contributed by atoms with Gasteiger partial charge in [0.05, 0.1) is 39.9 Å². The van der Waals surface area contributed by atoms with E-state index in [9.17, 15) is 19.4 Å². The predicted octanol–water partition coefficient (Wildman–Crippen LogP) is 23.4. The Hall–Kier alpha value is -1.54. The first-order valence-electron chi connectivity index (χ1n) is 36.5. The summed E-state index contributed by atoms with van der Waals surface area (Å²) in [5, 5.41) is 14.0. The lowest BCUT2D eigenvalue weighted by molar-refractivity contribution is -0.870.